The molecule has 1 aromatic heterocycles. The molecule has 110 valence electrons. The summed E-state index contributed by atoms with van der Waals surface area (Å²) in [7, 11) is 0. The van der Waals surface area contributed by atoms with Crippen LogP contribution < -0.4 is 10.6 Å². The summed E-state index contributed by atoms with van der Waals surface area (Å²) >= 11 is 0. The number of amides is 2. The molecule has 2 aromatic rings. The summed E-state index contributed by atoms with van der Waals surface area (Å²) in [6, 6.07) is 7.67. The lowest BCUT2D eigenvalue weighted by molar-refractivity contribution is 0.252. The maximum absolute atomic E-state index is 12.0. The maximum atomic E-state index is 12.0. The number of urea groups is 1. The predicted octanol–water partition coefficient (Wildman–Crippen LogP) is 4.18. The molecule has 1 aliphatic rings. The quantitative estimate of drug-likeness (QED) is 0.724. The second-order valence-corrected chi connectivity index (χ2v) is 5.48. The highest BCUT2D eigenvalue weighted by molar-refractivity contribution is 6.00. The van der Waals surface area contributed by atoms with Crippen LogP contribution in [0.1, 0.15) is 32.1 Å². The van der Waals surface area contributed by atoms with Crippen molar-refractivity contribution in [2.24, 2.45) is 0 Å². The minimum Gasteiger partial charge on any atom is -0.361 e. The summed E-state index contributed by atoms with van der Waals surface area (Å²) in [6.07, 6.45) is 10.1. The van der Waals surface area contributed by atoms with Crippen molar-refractivity contribution in [1.82, 2.24) is 10.3 Å². The van der Waals surface area contributed by atoms with E-state index in [1.165, 1.54) is 31.3 Å². The number of fused-ring (bicyclic) bond motifs is 1. The molecule has 0 saturated heterocycles. The third kappa shape index (κ3) is 3.45. The summed E-state index contributed by atoms with van der Waals surface area (Å²) in [5.74, 6) is 0. The number of hydrogen-bond acceptors (Lipinski definition) is 1. The smallest absolute Gasteiger partial charge is 0.319 e. The minimum absolute atomic E-state index is 0.139. The van der Waals surface area contributed by atoms with Gasteiger partial charge in [-0.3, -0.25) is 0 Å². The first-order chi connectivity index (χ1) is 10.3. The zero-order chi connectivity index (χ0) is 14.5. The van der Waals surface area contributed by atoms with Gasteiger partial charge in [0, 0.05) is 23.6 Å². The van der Waals surface area contributed by atoms with E-state index in [0.29, 0.717) is 6.54 Å². The first kappa shape index (κ1) is 13.7. The van der Waals surface area contributed by atoms with E-state index in [0.717, 1.165) is 23.0 Å². The van der Waals surface area contributed by atoms with Gasteiger partial charge in [0.05, 0.1) is 5.69 Å². The molecule has 3 N–H and O–H groups in total. The molecule has 0 saturated carbocycles. The van der Waals surface area contributed by atoms with E-state index in [1.54, 1.807) is 0 Å². The summed E-state index contributed by atoms with van der Waals surface area (Å²) in [5, 5.41) is 6.88. The largest absolute Gasteiger partial charge is 0.361 e. The van der Waals surface area contributed by atoms with Gasteiger partial charge in [0.25, 0.3) is 0 Å². The van der Waals surface area contributed by atoms with E-state index < -0.39 is 0 Å². The van der Waals surface area contributed by atoms with E-state index in [1.807, 2.05) is 30.5 Å². The summed E-state index contributed by atoms with van der Waals surface area (Å²) < 4.78 is 0. The van der Waals surface area contributed by atoms with Crippen molar-refractivity contribution in [2.75, 3.05) is 11.9 Å². The molecule has 1 aromatic carbocycles. The van der Waals surface area contributed by atoms with Gasteiger partial charge in [0.15, 0.2) is 0 Å². The van der Waals surface area contributed by atoms with Crippen LogP contribution >= 0.6 is 0 Å². The topological polar surface area (TPSA) is 56.9 Å². The molecule has 0 radical (unpaired) electrons. The van der Waals surface area contributed by atoms with E-state index >= 15 is 0 Å². The standard InChI is InChI=1S/C17H21N3O/c21-17(19-11-9-13-5-2-1-3-6-13)20-16-8-4-7-15-14(16)10-12-18-15/h4-5,7-8,10,12,18H,1-3,6,9,11H2,(H2,19,20,21). The zero-order valence-electron chi connectivity index (χ0n) is 12.1. The number of benzene rings is 1. The van der Waals surface area contributed by atoms with Crippen molar-refractivity contribution in [3.63, 3.8) is 0 Å². The normalized spacial score (nSPS) is 14.8. The SMILES string of the molecule is O=C(NCCC1=CCCCC1)Nc1cccc2[nH]ccc12. The number of carbonyl (C=O) groups excluding carboxylic acids is 1. The Kier molecular flexibility index (Phi) is 4.24. The molecule has 3 rings (SSSR count). The van der Waals surface area contributed by atoms with Crippen LogP contribution in [0.25, 0.3) is 10.9 Å². The number of hydrogen-bond donors (Lipinski definition) is 3. The Morgan fingerprint density at radius 1 is 1.24 bits per heavy atom. The third-order valence-corrected chi connectivity index (χ3v) is 3.96. The molecule has 4 heteroatoms. The number of aromatic amines is 1. The highest BCUT2D eigenvalue weighted by Crippen LogP contribution is 2.22. The zero-order valence-corrected chi connectivity index (χ0v) is 12.1. The number of H-pyrrole nitrogens is 1. The van der Waals surface area contributed by atoms with Gasteiger partial charge in [0.1, 0.15) is 0 Å². The first-order valence-electron chi connectivity index (χ1n) is 7.62. The highest BCUT2D eigenvalue weighted by Gasteiger charge is 2.07. The van der Waals surface area contributed by atoms with Gasteiger partial charge in [-0.25, -0.2) is 4.79 Å². The Bertz CT molecular complexity index is 657. The monoisotopic (exact) mass is 283 g/mol. The van der Waals surface area contributed by atoms with Crippen LogP contribution in [0.2, 0.25) is 0 Å². The second-order valence-electron chi connectivity index (χ2n) is 5.48. The minimum atomic E-state index is -0.139. The maximum Gasteiger partial charge on any atom is 0.319 e. The van der Waals surface area contributed by atoms with E-state index in [4.69, 9.17) is 0 Å². The number of nitrogens with one attached hydrogen (secondary N) is 3. The van der Waals surface area contributed by atoms with Gasteiger partial charge in [0.2, 0.25) is 0 Å². The lowest BCUT2D eigenvalue weighted by Crippen LogP contribution is -2.29. The van der Waals surface area contributed by atoms with Gasteiger partial charge in [-0.15, -0.1) is 0 Å². The van der Waals surface area contributed by atoms with Gasteiger partial charge >= 0.3 is 6.03 Å². The number of aromatic nitrogens is 1. The molecule has 0 aliphatic heterocycles. The Hall–Kier alpha value is -2.23. The lowest BCUT2D eigenvalue weighted by Gasteiger charge is -2.13. The fourth-order valence-corrected chi connectivity index (χ4v) is 2.83. The van der Waals surface area contributed by atoms with Crippen molar-refractivity contribution in [3.05, 3.63) is 42.1 Å². The number of allylic oxidation sites excluding steroid dienone is 1. The van der Waals surface area contributed by atoms with Crippen LogP contribution in [0, 0.1) is 0 Å². The van der Waals surface area contributed by atoms with E-state index in [2.05, 4.69) is 21.7 Å². The lowest BCUT2D eigenvalue weighted by atomic mass is 9.97. The first-order valence-corrected chi connectivity index (χ1v) is 7.62. The number of carbonyl (C=O) groups is 1. The van der Waals surface area contributed by atoms with Gasteiger partial charge < -0.3 is 15.6 Å². The van der Waals surface area contributed by atoms with Crippen LogP contribution in [-0.4, -0.2) is 17.6 Å². The van der Waals surface area contributed by atoms with Crippen molar-refractivity contribution in [3.8, 4) is 0 Å². The molecule has 21 heavy (non-hydrogen) atoms. The summed E-state index contributed by atoms with van der Waals surface area (Å²) in [6.45, 7) is 0.695. The molecule has 4 nitrogen and oxygen atoms in total. The second kappa shape index (κ2) is 6.48. The van der Waals surface area contributed by atoms with Crippen LogP contribution in [0.5, 0.6) is 0 Å². The third-order valence-electron chi connectivity index (χ3n) is 3.96. The molecule has 0 fully saturated rings. The summed E-state index contributed by atoms with van der Waals surface area (Å²) in [4.78, 5) is 15.1. The Labute approximate surface area is 124 Å². The van der Waals surface area contributed by atoms with Crippen molar-refractivity contribution < 1.29 is 4.79 Å². The predicted molar refractivity (Wildman–Crippen MR) is 86.5 cm³/mol. The molecule has 0 bridgehead atoms. The number of anilines is 1. The Balaban J connectivity index is 1.52. The van der Waals surface area contributed by atoms with E-state index in [-0.39, 0.29) is 6.03 Å². The number of rotatable bonds is 4. The molecule has 0 spiro atoms. The molecule has 0 unspecified atom stereocenters. The highest BCUT2D eigenvalue weighted by atomic mass is 16.2. The van der Waals surface area contributed by atoms with Crippen LogP contribution in [0.3, 0.4) is 0 Å². The Morgan fingerprint density at radius 2 is 2.19 bits per heavy atom. The van der Waals surface area contributed by atoms with Gasteiger partial charge in [-0.2, -0.15) is 0 Å². The summed E-state index contributed by atoms with van der Waals surface area (Å²) in [5.41, 5.74) is 3.34. The molecular formula is C17H21N3O. The van der Waals surface area contributed by atoms with Crippen LogP contribution in [0.15, 0.2) is 42.1 Å². The average molecular weight is 283 g/mol. The molecular weight excluding hydrogens is 262 g/mol. The van der Waals surface area contributed by atoms with Crippen molar-refractivity contribution in [1.29, 1.82) is 0 Å². The Morgan fingerprint density at radius 3 is 3.05 bits per heavy atom. The fraction of sp³-hybridized carbons (Fsp3) is 0.353. The van der Waals surface area contributed by atoms with Crippen molar-refractivity contribution in [2.45, 2.75) is 32.1 Å². The fourth-order valence-electron chi connectivity index (χ4n) is 2.83. The molecule has 2 amide bonds. The van der Waals surface area contributed by atoms with Crippen LogP contribution in [0.4, 0.5) is 10.5 Å². The molecule has 1 heterocycles. The molecule has 0 atom stereocenters. The molecule has 1 aliphatic carbocycles. The van der Waals surface area contributed by atoms with E-state index in [9.17, 15) is 4.79 Å². The van der Waals surface area contributed by atoms with Gasteiger partial charge in [-0.1, -0.05) is 17.7 Å². The van der Waals surface area contributed by atoms with Gasteiger partial charge in [-0.05, 0) is 50.3 Å². The van der Waals surface area contributed by atoms with Crippen LogP contribution in [-0.2, 0) is 0 Å². The van der Waals surface area contributed by atoms with Crippen molar-refractivity contribution >= 4 is 22.6 Å². The average Bonchev–Trinajstić information content (AvgIpc) is 2.98.